The highest BCUT2D eigenvalue weighted by Gasteiger charge is 2.14. The van der Waals surface area contributed by atoms with E-state index in [1.165, 1.54) is 23.9 Å². The molecule has 0 aliphatic carbocycles. The molecule has 0 fully saturated rings. The Labute approximate surface area is 126 Å². The monoisotopic (exact) mass is 300 g/mol. The van der Waals surface area contributed by atoms with Crippen LogP contribution >= 0.6 is 11.8 Å². The molecule has 0 heterocycles. The van der Waals surface area contributed by atoms with Crippen LogP contribution in [0.3, 0.4) is 0 Å². The minimum atomic E-state index is -0.435. The van der Waals surface area contributed by atoms with Gasteiger partial charge in [-0.3, -0.25) is 10.1 Å². The maximum absolute atomic E-state index is 11.0. The quantitative estimate of drug-likeness (QED) is 0.477. The summed E-state index contributed by atoms with van der Waals surface area (Å²) in [7, 11) is 1.59. The van der Waals surface area contributed by atoms with Gasteiger partial charge in [0.25, 0.3) is 5.69 Å². The minimum Gasteiger partial charge on any atom is -0.497 e. The fourth-order valence-corrected chi connectivity index (χ4v) is 2.78. The van der Waals surface area contributed by atoms with Gasteiger partial charge in [-0.1, -0.05) is 12.1 Å². The number of thioether (sulfide) groups is 1. The maximum Gasteiger partial charge on any atom is 0.282 e. The van der Waals surface area contributed by atoms with E-state index in [0.29, 0.717) is 16.2 Å². The summed E-state index contributed by atoms with van der Waals surface area (Å²) in [6.45, 7) is 0. The van der Waals surface area contributed by atoms with E-state index < -0.39 is 4.92 Å². The third kappa shape index (κ3) is 3.74. The topological polar surface area (TPSA) is 76.2 Å². The fourth-order valence-electron chi connectivity index (χ4n) is 1.77. The van der Waals surface area contributed by atoms with Gasteiger partial charge >= 0.3 is 0 Å². The predicted molar refractivity (Wildman–Crippen MR) is 80.4 cm³/mol. The normalized spacial score (nSPS) is 9.90. The Morgan fingerprint density at radius 3 is 2.81 bits per heavy atom. The second-order valence-electron chi connectivity index (χ2n) is 4.19. The Balaban J connectivity index is 2.22. The van der Waals surface area contributed by atoms with E-state index in [4.69, 9.17) is 10.00 Å². The molecular weight excluding hydrogens is 288 g/mol. The molecule has 0 amide bonds. The van der Waals surface area contributed by atoms with Crippen LogP contribution in [-0.2, 0) is 5.75 Å². The van der Waals surface area contributed by atoms with Crippen molar-refractivity contribution in [2.24, 2.45) is 0 Å². The van der Waals surface area contributed by atoms with Crippen molar-refractivity contribution in [1.29, 1.82) is 5.26 Å². The second kappa shape index (κ2) is 6.77. The minimum absolute atomic E-state index is 0.0156. The van der Waals surface area contributed by atoms with E-state index in [1.807, 2.05) is 30.3 Å². The largest absolute Gasteiger partial charge is 0.497 e. The summed E-state index contributed by atoms with van der Waals surface area (Å²) in [5, 5.41) is 19.9. The van der Waals surface area contributed by atoms with Gasteiger partial charge in [-0.2, -0.15) is 5.26 Å². The lowest BCUT2D eigenvalue weighted by Gasteiger charge is -2.05. The Bertz CT molecular complexity index is 710. The first-order chi connectivity index (χ1) is 10.1. The molecule has 5 nitrogen and oxygen atoms in total. The van der Waals surface area contributed by atoms with Crippen molar-refractivity contribution in [1.82, 2.24) is 0 Å². The van der Waals surface area contributed by atoms with E-state index in [-0.39, 0.29) is 5.69 Å². The van der Waals surface area contributed by atoms with Gasteiger partial charge in [0, 0.05) is 11.8 Å². The van der Waals surface area contributed by atoms with E-state index in [9.17, 15) is 10.1 Å². The second-order valence-corrected chi connectivity index (χ2v) is 5.21. The van der Waals surface area contributed by atoms with Crippen LogP contribution in [0.15, 0.2) is 47.4 Å². The molecule has 0 aliphatic rings. The highest BCUT2D eigenvalue weighted by molar-refractivity contribution is 7.98. The van der Waals surface area contributed by atoms with Crippen LogP contribution in [0.1, 0.15) is 11.1 Å². The summed E-state index contributed by atoms with van der Waals surface area (Å²) in [5.41, 5.74) is 1.42. The van der Waals surface area contributed by atoms with Gasteiger partial charge in [0.2, 0.25) is 0 Å². The highest BCUT2D eigenvalue weighted by Crippen LogP contribution is 2.32. The van der Waals surface area contributed by atoms with Crippen LogP contribution < -0.4 is 4.74 Å². The molecule has 0 saturated carbocycles. The number of rotatable bonds is 5. The van der Waals surface area contributed by atoms with Crippen LogP contribution in [0.4, 0.5) is 5.69 Å². The number of nitro groups is 1. The van der Waals surface area contributed by atoms with Crippen molar-refractivity contribution in [2.75, 3.05) is 7.11 Å². The van der Waals surface area contributed by atoms with Gasteiger partial charge in [-0.25, -0.2) is 0 Å². The number of methoxy groups -OCH3 is 1. The third-order valence-corrected chi connectivity index (χ3v) is 3.93. The first kappa shape index (κ1) is 14.9. The maximum atomic E-state index is 11.0. The number of nitriles is 1. The molecule has 2 rings (SSSR count). The SMILES string of the molecule is COc1cccc(CSc2cc(C#N)ccc2[N+](=O)[O-])c1. The Kier molecular flexibility index (Phi) is 4.80. The molecule has 106 valence electrons. The van der Waals surface area contributed by atoms with Crippen molar-refractivity contribution in [3.63, 3.8) is 0 Å². The van der Waals surface area contributed by atoms with Gasteiger partial charge in [0.1, 0.15) is 5.75 Å². The van der Waals surface area contributed by atoms with Crippen molar-refractivity contribution in [3.8, 4) is 11.8 Å². The molecule has 0 aromatic heterocycles. The van der Waals surface area contributed by atoms with Crippen LogP contribution in [0.25, 0.3) is 0 Å². The van der Waals surface area contributed by atoms with Crippen LogP contribution in [0.2, 0.25) is 0 Å². The van der Waals surface area contributed by atoms with Gasteiger partial charge in [-0.15, -0.1) is 11.8 Å². The number of hydrogen-bond donors (Lipinski definition) is 0. The Hall–Kier alpha value is -2.52. The zero-order valence-electron chi connectivity index (χ0n) is 11.3. The number of nitrogens with zero attached hydrogens (tertiary/aromatic N) is 2. The molecule has 2 aromatic carbocycles. The van der Waals surface area contributed by atoms with Crippen molar-refractivity contribution in [3.05, 3.63) is 63.7 Å². The summed E-state index contributed by atoms with van der Waals surface area (Å²) in [5.74, 6) is 1.31. The van der Waals surface area contributed by atoms with E-state index in [2.05, 4.69) is 0 Å². The van der Waals surface area contributed by atoms with Crippen LogP contribution in [0, 0.1) is 21.4 Å². The van der Waals surface area contributed by atoms with E-state index in [0.717, 1.165) is 11.3 Å². The molecule has 0 atom stereocenters. The number of nitro benzene ring substituents is 1. The zero-order valence-corrected chi connectivity index (χ0v) is 12.1. The molecule has 21 heavy (non-hydrogen) atoms. The number of benzene rings is 2. The lowest BCUT2D eigenvalue weighted by molar-refractivity contribution is -0.387. The van der Waals surface area contributed by atoms with E-state index >= 15 is 0 Å². The summed E-state index contributed by atoms with van der Waals surface area (Å²) >= 11 is 1.33. The van der Waals surface area contributed by atoms with Gasteiger partial charge in [0.15, 0.2) is 0 Å². The number of ether oxygens (including phenoxy) is 1. The average Bonchev–Trinajstić information content (AvgIpc) is 2.52. The molecule has 6 heteroatoms. The van der Waals surface area contributed by atoms with Crippen molar-refractivity contribution < 1.29 is 9.66 Å². The summed E-state index contributed by atoms with van der Waals surface area (Å²) in [4.78, 5) is 11.1. The van der Waals surface area contributed by atoms with Gasteiger partial charge in [-0.05, 0) is 29.8 Å². The first-order valence-corrected chi connectivity index (χ1v) is 7.07. The lowest BCUT2D eigenvalue weighted by atomic mass is 10.2. The van der Waals surface area contributed by atoms with Gasteiger partial charge < -0.3 is 4.74 Å². The van der Waals surface area contributed by atoms with Crippen molar-refractivity contribution in [2.45, 2.75) is 10.6 Å². The molecule has 0 unspecified atom stereocenters. The van der Waals surface area contributed by atoms with Crippen molar-refractivity contribution >= 4 is 17.4 Å². The first-order valence-electron chi connectivity index (χ1n) is 6.08. The molecule has 0 aliphatic heterocycles. The molecule has 0 spiro atoms. The molecule has 2 aromatic rings. The van der Waals surface area contributed by atoms with Crippen LogP contribution in [-0.4, -0.2) is 12.0 Å². The lowest BCUT2D eigenvalue weighted by Crippen LogP contribution is -1.92. The molecule has 0 N–H and O–H groups in total. The smallest absolute Gasteiger partial charge is 0.282 e. The molecular formula is C15H12N2O3S. The zero-order chi connectivity index (χ0) is 15.2. The standard InChI is InChI=1S/C15H12N2O3S/c1-20-13-4-2-3-12(7-13)10-21-15-8-11(9-16)5-6-14(15)17(18)19/h2-8H,10H2,1H3. The summed E-state index contributed by atoms with van der Waals surface area (Å²) < 4.78 is 5.14. The Morgan fingerprint density at radius 2 is 2.14 bits per heavy atom. The molecule has 0 bridgehead atoms. The fraction of sp³-hybridized carbons (Fsp3) is 0.133. The number of hydrogen-bond acceptors (Lipinski definition) is 5. The summed E-state index contributed by atoms with van der Waals surface area (Å²) in [6, 6.07) is 13.9. The average molecular weight is 300 g/mol. The van der Waals surface area contributed by atoms with Gasteiger partial charge in [0.05, 0.1) is 28.6 Å². The van der Waals surface area contributed by atoms with E-state index in [1.54, 1.807) is 13.2 Å². The third-order valence-electron chi connectivity index (χ3n) is 2.81. The Morgan fingerprint density at radius 1 is 1.33 bits per heavy atom. The highest BCUT2D eigenvalue weighted by atomic mass is 32.2. The summed E-state index contributed by atoms with van der Waals surface area (Å²) in [6.07, 6.45) is 0. The molecule has 0 radical (unpaired) electrons. The van der Waals surface area contributed by atoms with Crippen LogP contribution in [0.5, 0.6) is 5.75 Å². The molecule has 0 saturated heterocycles. The predicted octanol–water partition coefficient (Wildman–Crippen LogP) is 3.77.